The first-order valence-electron chi connectivity index (χ1n) is 5.21. The molecule has 1 aromatic carbocycles. The van der Waals surface area contributed by atoms with E-state index in [0.29, 0.717) is 0 Å². The van der Waals surface area contributed by atoms with Gasteiger partial charge in [0.25, 0.3) is 0 Å². The number of aromatic nitrogens is 1. The molecule has 0 atom stereocenters. The van der Waals surface area contributed by atoms with Crippen LogP contribution in [0.2, 0.25) is 0 Å². The SMILES string of the molecule is CCn1c(C(=O)O)cc(=O)c2cc(F)c(F)cc21. The van der Waals surface area contributed by atoms with Crippen LogP contribution >= 0.6 is 0 Å². The number of carboxylic acids is 1. The highest BCUT2D eigenvalue weighted by Gasteiger charge is 2.15. The summed E-state index contributed by atoms with van der Waals surface area (Å²) < 4.78 is 27.5. The third-order valence-electron chi connectivity index (χ3n) is 2.69. The second kappa shape index (κ2) is 4.21. The van der Waals surface area contributed by atoms with Crippen molar-refractivity contribution in [2.45, 2.75) is 13.5 Å². The van der Waals surface area contributed by atoms with Gasteiger partial charge in [0.2, 0.25) is 0 Å². The van der Waals surface area contributed by atoms with Gasteiger partial charge in [-0.15, -0.1) is 0 Å². The van der Waals surface area contributed by atoms with Crippen molar-refractivity contribution in [3.05, 3.63) is 45.8 Å². The van der Waals surface area contributed by atoms with Gasteiger partial charge in [0.15, 0.2) is 17.1 Å². The first kappa shape index (κ1) is 12.2. The summed E-state index contributed by atoms with van der Waals surface area (Å²) in [6, 6.07) is 2.53. The fraction of sp³-hybridized carbons (Fsp3) is 0.167. The van der Waals surface area contributed by atoms with E-state index in [9.17, 15) is 18.4 Å². The molecule has 0 fully saturated rings. The molecule has 2 aromatic rings. The Morgan fingerprint density at radius 1 is 1.28 bits per heavy atom. The lowest BCUT2D eigenvalue weighted by Gasteiger charge is -2.12. The molecule has 1 aromatic heterocycles. The number of benzene rings is 1. The number of halogens is 2. The van der Waals surface area contributed by atoms with Crippen LogP contribution in [0.3, 0.4) is 0 Å². The molecule has 0 saturated carbocycles. The topological polar surface area (TPSA) is 59.3 Å². The van der Waals surface area contributed by atoms with Gasteiger partial charge in [0, 0.05) is 24.1 Å². The maximum absolute atomic E-state index is 13.2. The number of nitrogens with zero attached hydrogens (tertiary/aromatic N) is 1. The van der Waals surface area contributed by atoms with Crippen LogP contribution in [0.4, 0.5) is 8.78 Å². The van der Waals surface area contributed by atoms with E-state index in [4.69, 9.17) is 5.11 Å². The first-order chi connectivity index (χ1) is 8.45. The Labute approximate surface area is 100 Å². The predicted molar refractivity (Wildman–Crippen MR) is 60.8 cm³/mol. The maximum Gasteiger partial charge on any atom is 0.352 e. The Balaban J connectivity index is 3.00. The zero-order valence-electron chi connectivity index (χ0n) is 9.41. The summed E-state index contributed by atoms with van der Waals surface area (Å²) >= 11 is 0. The fourth-order valence-electron chi connectivity index (χ4n) is 1.88. The molecule has 1 N–H and O–H groups in total. The highest BCUT2D eigenvalue weighted by atomic mass is 19.2. The van der Waals surface area contributed by atoms with Crippen LogP contribution in [-0.2, 0) is 6.54 Å². The molecule has 18 heavy (non-hydrogen) atoms. The van der Waals surface area contributed by atoms with Gasteiger partial charge in [0.05, 0.1) is 5.52 Å². The van der Waals surface area contributed by atoms with E-state index < -0.39 is 23.0 Å². The van der Waals surface area contributed by atoms with Gasteiger partial charge < -0.3 is 9.67 Å². The van der Waals surface area contributed by atoms with Gasteiger partial charge in [-0.25, -0.2) is 13.6 Å². The first-order valence-corrected chi connectivity index (χ1v) is 5.21. The molecule has 0 aliphatic rings. The molecule has 0 saturated heterocycles. The number of pyridine rings is 1. The van der Waals surface area contributed by atoms with E-state index in [1.54, 1.807) is 6.92 Å². The third-order valence-corrected chi connectivity index (χ3v) is 2.69. The summed E-state index contributed by atoms with van der Waals surface area (Å²) in [4.78, 5) is 22.7. The van der Waals surface area contributed by atoms with Crippen LogP contribution in [-0.4, -0.2) is 15.6 Å². The van der Waals surface area contributed by atoms with Crippen LogP contribution in [0.15, 0.2) is 23.0 Å². The van der Waals surface area contributed by atoms with Crippen molar-refractivity contribution in [2.24, 2.45) is 0 Å². The quantitative estimate of drug-likeness (QED) is 0.890. The molecule has 6 heteroatoms. The Morgan fingerprint density at radius 3 is 2.44 bits per heavy atom. The Morgan fingerprint density at radius 2 is 1.89 bits per heavy atom. The Hall–Kier alpha value is -2.24. The molecular formula is C12H9F2NO3. The normalized spacial score (nSPS) is 10.8. The largest absolute Gasteiger partial charge is 0.477 e. The van der Waals surface area contributed by atoms with Crippen LogP contribution in [0, 0.1) is 11.6 Å². The lowest BCUT2D eigenvalue weighted by molar-refractivity contribution is 0.0685. The van der Waals surface area contributed by atoms with Gasteiger partial charge in [0.1, 0.15) is 5.69 Å². The summed E-state index contributed by atoms with van der Waals surface area (Å²) in [5, 5.41) is 8.94. The van der Waals surface area contributed by atoms with Crippen molar-refractivity contribution in [1.29, 1.82) is 0 Å². The summed E-state index contributed by atoms with van der Waals surface area (Å²) in [6.07, 6.45) is 0. The number of carboxylic acid groups (broad SMARTS) is 1. The monoisotopic (exact) mass is 253 g/mol. The van der Waals surface area contributed by atoms with Gasteiger partial charge >= 0.3 is 5.97 Å². The number of aryl methyl sites for hydroxylation is 1. The zero-order valence-corrected chi connectivity index (χ0v) is 9.41. The van der Waals surface area contributed by atoms with E-state index in [2.05, 4.69) is 0 Å². The van der Waals surface area contributed by atoms with E-state index in [0.717, 1.165) is 18.2 Å². The van der Waals surface area contributed by atoms with Crippen LogP contribution in [0.25, 0.3) is 10.9 Å². The van der Waals surface area contributed by atoms with Crippen LogP contribution in [0.5, 0.6) is 0 Å². The second-order valence-corrected chi connectivity index (χ2v) is 3.73. The molecule has 0 radical (unpaired) electrons. The van der Waals surface area contributed by atoms with Gasteiger partial charge in [-0.1, -0.05) is 0 Å². The maximum atomic E-state index is 13.2. The molecular weight excluding hydrogens is 244 g/mol. The molecule has 2 rings (SSSR count). The number of hydrogen-bond donors (Lipinski definition) is 1. The van der Waals surface area contributed by atoms with Crippen molar-refractivity contribution in [2.75, 3.05) is 0 Å². The molecule has 0 aliphatic heterocycles. The van der Waals surface area contributed by atoms with Crippen LogP contribution < -0.4 is 5.43 Å². The van der Waals surface area contributed by atoms with E-state index in [1.165, 1.54) is 4.57 Å². The standard InChI is InChI=1S/C12H9F2NO3/c1-2-15-9-4-8(14)7(13)3-6(9)11(16)5-10(15)12(17)18/h3-5H,2H2,1H3,(H,17,18). The fourth-order valence-corrected chi connectivity index (χ4v) is 1.88. The minimum absolute atomic E-state index is 0.0410. The summed E-state index contributed by atoms with van der Waals surface area (Å²) in [5.41, 5.74) is -0.826. The molecule has 0 bridgehead atoms. The van der Waals surface area contributed by atoms with E-state index >= 15 is 0 Å². The van der Waals surface area contributed by atoms with Crippen molar-refractivity contribution in [1.82, 2.24) is 4.57 Å². The highest BCUT2D eigenvalue weighted by Crippen LogP contribution is 2.17. The molecule has 1 heterocycles. The lowest BCUT2D eigenvalue weighted by Crippen LogP contribution is -2.18. The highest BCUT2D eigenvalue weighted by molar-refractivity contribution is 5.90. The Bertz CT molecular complexity index is 707. The predicted octanol–water partition coefficient (Wildman–Crippen LogP) is 2.00. The molecule has 0 aliphatic carbocycles. The lowest BCUT2D eigenvalue weighted by atomic mass is 10.1. The van der Waals surface area contributed by atoms with Gasteiger partial charge in [-0.3, -0.25) is 4.79 Å². The molecule has 0 unspecified atom stereocenters. The second-order valence-electron chi connectivity index (χ2n) is 3.73. The van der Waals surface area contributed by atoms with Crippen molar-refractivity contribution < 1.29 is 18.7 Å². The number of carbonyl (C=O) groups is 1. The van der Waals surface area contributed by atoms with Gasteiger partial charge in [-0.2, -0.15) is 0 Å². The number of aromatic carboxylic acids is 1. The average molecular weight is 253 g/mol. The minimum Gasteiger partial charge on any atom is -0.477 e. The number of hydrogen-bond acceptors (Lipinski definition) is 2. The summed E-state index contributed by atoms with van der Waals surface area (Å²) in [5.74, 6) is -3.54. The van der Waals surface area contributed by atoms with E-state index in [1.807, 2.05) is 0 Å². The van der Waals surface area contributed by atoms with E-state index in [-0.39, 0.29) is 23.1 Å². The van der Waals surface area contributed by atoms with Crippen molar-refractivity contribution in [3.63, 3.8) is 0 Å². The summed E-state index contributed by atoms with van der Waals surface area (Å²) in [6.45, 7) is 1.88. The molecule has 0 spiro atoms. The molecule has 4 nitrogen and oxygen atoms in total. The molecule has 0 amide bonds. The van der Waals surface area contributed by atoms with Crippen molar-refractivity contribution in [3.8, 4) is 0 Å². The van der Waals surface area contributed by atoms with Gasteiger partial charge in [-0.05, 0) is 13.0 Å². The third kappa shape index (κ3) is 1.75. The molecule has 94 valence electrons. The smallest absolute Gasteiger partial charge is 0.352 e. The number of fused-ring (bicyclic) bond motifs is 1. The van der Waals surface area contributed by atoms with Crippen molar-refractivity contribution >= 4 is 16.9 Å². The van der Waals surface area contributed by atoms with Crippen LogP contribution in [0.1, 0.15) is 17.4 Å². The summed E-state index contributed by atoms with van der Waals surface area (Å²) in [7, 11) is 0. The zero-order chi connectivity index (χ0) is 13.4. The minimum atomic E-state index is -1.29. The number of rotatable bonds is 2. The Kier molecular flexibility index (Phi) is 2.86. The average Bonchev–Trinajstić information content (AvgIpc) is 2.31.